The van der Waals surface area contributed by atoms with Gasteiger partial charge in [-0.2, -0.15) is 0 Å². The molecule has 1 saturated carbocycles. The van der Waals surface area contributed by atoms with E-state index in [0.29, 0.717) is 5.92 Å². The molecule has 1 heterocycles. The maximum Gasteiger partial charge on any atom is 0.289 e. The Balaban J connectivity index is 1.63. The number of hydrogen-bond acceptors (Lipinski definition) is 4. The highest BCUT2D eigenvalue weighted by molar-refractivity contribution is 8.14. The fraction of sp³-hybridized carbons (Fsp3) is 0.476. The van der Waals surface area contributed by atoms with Crippen molar-refractivity contribution in [2.45, 2.75) is 57.5 Å². The van der Waals surface area contributed by atoms with Crippen LogP contribution in [-0.4, -0.2) is 39.8 Å². The summed E-state index contributed by atoms with van der Waals surface area (Å²) in [5.74, 6) is 0.356. The molecular formula is C21H26N2O3S. The molecule has 1 aromatic rings. The summed E-state index contributed by atoms with van der Waals surface area (Å²) in [4.78, 5) is 37.9. The zero-order valence-corrected chi connectivity index (χ0v) is 16.6. The van der Waals surface area contributed by atoms with Crippen molar-refractivity contribution in [2.75, 3.05) is 5.75 Å². The number of carbonyl (C=O) groups excluding carboxylic acids is 3. The lowest BCUT2D eigenvalue weighted by Crippen LogP contribution is -2.54. The van der Waals surface area contributed by atoms with Crippen LogP contribution in [0.2, 0.25) is 0 Å². The minimum Gasteiger partial charge on any atom is -0.348 e. The molecule has 3 rings (SSSR count). The molecule has 1 aliphatic heterocycles. The Labute approximate surface area is 164 Å². The molecule has 1 saturated heterocycles. The van der Waals surface area contributed by atoms with Gasteiger partial charge in [0.15, 0.2) is 0 Å². The van der Waals surface area contributed by atoms with Gasteiger partial charge < -0.3 is 5.32 Å². The van der Waals surface area contributed by atoms with Crippen molar-refractivity contribution in [1.29, 1.82) is 0 Å². The summed E-state index contributed by atoms with van der Waals surface area (Å²) in [5.41, 5.74) is 2.23. The van der Waals surface area contributed by atoms with Crippen LogP contribution in [0.3, 0.4) is 0 Å². The molecule has 1 N–H and O–H groups in total. The lowest BCUT2D eigenvalue weighted by Gasteiger charge is -2.36. The Kier molecular flexibility index (Phi) is 6.37. The number of imide groups is 1. The molecule has 0 radical (unpaired) electrons. The van der Waals surface area contributed by atoms with Gasteiger partial charge in [-0.15, -0.1) is 0 Å². The second-order valence-electron chi connectivity index (χ2n) is 7.44. The average molecular weight is 387 g/mol. The van der Waals surface area contributed by atoms with Crippen molar-refractivity contribution in [3.63, 3.8) is 0 Å². The molecule has 1 aliphatic carbocycles. The van der Waals surface area contributed by atoms with E-state index in [1.807, 2.05) is 12.1 Å². The van der Waals surface area contributed by atoms with Crippen LogP contribution in [0.25, 0.3) is 6.08 Å². The van der Waals surface area contributed by atoms with E-state index in [4.69, 9.17) is 0 Å². The zero-order chi connectivity index (χ0) is 19.4. The smallest absolute Gasteiger partial charge is 0.289 e. The summed E-state index contributed by atoms with van der Waals surface area (Å²) < 4.78 is 0. The molecule has 2 atom stereocenters. The predicted molar refractivity (Wildman–Crippen MR) is 108 cm³/mol. The molecular weight excluding hydrogens is 360 g/mol. The Bertz CT molecular complexity index is 726. The number of rotatable bonds is 5. The SMILES string of the molecule is CC(C)c1ccc(/C=C/C(=O)N[C@@H]2CCCC[C@@H]2N2C(=O)CSC2=O)cc1. The second-order valence-corrected chi connectivity index (χ2v) is 8.37. The Morgan fingerprint density at radius 3 is 2.52 bits per heavy atom. The predicted octanol–water partition coefficient (Wildman–Crippen LogP) is 3.95. The van der Waals surface area contributed by atoms with Gasteiger partial charge in [0, 0.05) is 6.08 Å². The standard InChI is InChI=1S/C21H26N2O3S/c1-14(2)16-10-7-15(8-11-16)9-12-19(24)22-17-5-3-4-6-18(17)23-20(25)13-27-21(23)26/h7-12,14,17-18H,3-6,13H2,1-2H3,(H,22,24)/b12-9+/t17-,18+/m1/s1. The fourth-order valence-electron chi connectivity index (χ4n) is 3.67. The van der Waals surface area contributed by atoms with Crippen LogP contribution in [0.4, 0.5) is 4.79 Å². The van der Waals surface area contributed by atoms with Gasteiger partial charge in [-0.25, -0.2) is 0 Å². The average Bonchev–Trinajstić information content (AvgIpc) is 2.99. The van der Waals surface area contributed by atoms with Gasteiger partial charge in [0.1, 0.15) is 0 Å². The van der Waals surface area contributed by atoms with E-state index >= 15 is 0 Å². The van der Waals surface area contributed by atoms with Crippen LogP contribution in [-0.2, 0) is 9.59 Å². The van der Waals surface area contributed by atoms with E-state index in [0.717, 1.165) is 43.0 Å². The van der Waals surface area contributed by atoms with Gasteiger partial charge in [-0.05, 0) is 36.0 Å². The Morgan fingerprint density at radius 1 is 1.19 bits per heavy atom. The van der Waals surface area contributed by atoms with Gasteiger partial charge in [0.25, 0.3) is 5.24 Å². The zero-order valence-electron chi connectivity index (χ0n) is 15.8. The number of amides is 3. The summed E-state index contributed by atoms with van der Waals surface area (Å²) in [7, 11) is 0. The third-order valence-electron chi connectivity index (χ3n) is 5.20. The first-order valence-electron chi connectivity index (χ1n) is 9.53. The van der Waals surface area contributed by atoms with Crippen molar-refractivity contribution in [2.24, 2.45) is 0 Å². The van der Waals surface area contributed by atoms with Crippen molar-refractivity contribution < 1.29 is 14.4 Å². The molecule has 0 unspecified atom stereocenters. The van der Waals surface area contributed by atoms with Crippen molar-refractivity contribution >= 4 is 34.9 Å². The van der Waals surface area contributed by atoms with Crippen molar-refractivity contribution in [1.82, 2.24) is 10.2 Å². The largest absolute Gasteiger partial charge is 0.348 e. The van der Waals surface area contributed by atoms with Crippen LogP contribution in [0.1, 0.15) is 56.6 Å². The lowest BCUT2D eigenvalue weighted by molar-refractivity contribution is -0.128. The van der Waals surface area contributed by atoms with Crippen LogP contribution >= 0.6 is 11.8 Å². The van der Waals surface area contributed by atoms with Gasteiger partial charge in [0.05, 0.1) is 17.8 Å². The van der Waals surface area contributed by atoms with Crippen LogP contribution in [0, 0.1) is 0 Å². The molecule has 0 aromatic heterocycles. The minimum atomic E-state index is -0.226. The van der Waals surface area contributed by atoms with E-state index in [1.54, 1.807) is 6.08 Å². The third kappa shape index (κ3) is 4.80. The quantitative estimate of drug-likeness (QED) is 0.778. The first-order chi connectivity index (χ1) is 13.0. The topological polar surface area (TPSA) is 66.5 Å². The molecule has 2 aliphatic rings. The normalized spacial score (nSPS) is 23.4. The molecule has 27 heavy (non-hydrogen) atoms. The summed E-state index contributed by atoms with van der Waals surface area (Å²) in [6, 6.07) is 7.74. The van der Waals surface area contributed by atoms with Crippen LogP contribution < -0.4 is 5.32 Å². The van der Waals surface area contributed by atoms with Gasteiger partial charge in [0.2, 0.25) is 11.8 Å². The van der Waals surface area contributed by atoms with E-state index in [9.17, 15) is 14.4 Å². The highest BCUT2D eigenvalue weighted by Gasteiger charge is 2.40. The number of nitrogens with zero attached hydrogens (tertiary/aromatic N) is 1. The number of thioether (sulfide) groups is 1. The lowest BCUT2D eigenvalue weighted by atomic mass is 9.89. The first kappa shape index (κ1) is 19.7. The summed E-state index contributed by atoms with van der Waals surface area (Å²) in [5, 5.41) is 2.82. The highest BCUT2D eigenvalue weighted by atomic mass is 32.2. The molecule has 5 nitrogen and oxygen atoms in total. The van der Waals surface area contributed by atoms with Crippen LogP contribution in [0.15, 0.2) is 30.3 Å². The molecule has 2 fully saturated rings. The summed E-state index contributed by atoms with van der Waals surface area (Å²) in [6.07, 6.45) is 6.82. The van der Waals surface area contributed by atoms with E-state index in [1.165, 1.54) is 16.5 Å². The van der Waals surface area contributed by atoms with E-state index in [-0.39, 0.29) is 34.9 Å². The van der Waals surface area contributed by atoms with Gasteiger partial charge in [-0.3, -0.25) is 19.3 Å². The molecule has 3 amide bonds. The van der Waals surface area contributed by atoms with Crippen molar-refractivity contribution in [3.05, 3.63) is 41.5 Å². The Morgan fingerprint density at radius 2 is 1.89 bits per heavy atom. The molecule has 6 heteroatoms. The number of benzene rings is 1. The molecule has 144 valence electrons. The van der Waals surface area contributed by atoms with Gasteiger partial charge in [-0.1, -0.05) is 62.7 Å². The molecule has 1 aromatic carbocycles. The monoisotopic (exact) mass is 386 g/mol. The van der Waals surface area contributed by atoms with Gasteiger partial charge >= 0.3 is 0 Å². The molecule has 0 spiro atoms. The fourth-order valence-corrected chi connectivity index (χ4v) is 4.43. The number of nitrogens with one attached hydrogen (secondary N) is 1. The van der Waals surface area contributed by atoms with Crippen LogP contribution in [0.5, 0.6) is 0 Å². The number of carbonyl (C=O) groups is 3. The molecule has 0 bridgehead atoms. The second kappa shape index (κ2) is 8.74. The third-order valence-corrected chi connectivity index (χ3v) is 6.04. The van der Waals surface area contributed by atoms with Crippen molar-refractivity contribution in [3.8, 4) is 0 Å². The maximum absolute atomic E-state index is 12.4. The highest BCUT2D eigenvalue weighted by Crippen LogP contribution is 2.30. The van der Waals surface area contributed by atoms with E-state index < -0.39 is 0 Å². The maximum atomic E-state index is 12.4. The minimum absolute atomic E-state index is 0.142. The van der Waals surface area contributed by atoms with E-state index in [2.05, 4.69) is 31.3 Å². The number of hydrogen-bond donors (Lipinski definition) is 1. The summed E-state index contributed by atoms with van der Waals surface area (Å²) in [6.45, 7) is 4.29. The first-order valence-corrected chi connectivity index (χ1v) is 10.5. The summed E-state index contributed by atoms with van der Waals surface area (Å²) >= 11 is 1.05. The Hall–Kier alpha value is -2.08.